The summed E-state index contributed by atoms with van der Waals surface area (Å²) in [5.74, 6) is -0.287. The van der Waals surface area contributed by atoms with E-state index in [0.29, 0.717) is 11.1 Å². The second kappa shape index (κ2) is 5.88. The first-order chi connectivity index (χ1) is 12.1. The van der Waals surface area contributed by atoms with Gasteiger partial charge < -0.3 is 9.73 Å². The van der Waals surface area contributed by atoms with E-state index in [1.807, 2.05) is 6.07 Å². The van der Waals surface area contributed by atoms with Crippen molar-refractivity contribution in [3.63, 3.8) is 0 Å². The Kier molecular flexibility index (Phi) is 3.67. The van der Waals surface area contributed by atoms with Crippen molar-refractivity contribution in [1.82, 2.24) is 10.2 Å². The zero-order valence-corrected chi connectivity index (χ0v) is 13.8. The summed E-state index contributed by atoms with van der Waals surface area (Å²) in [7, 11) is 0. The molecule has 1 aromatic carbocycles. The van der Waals surface area contributed by atoms with Crippen LogP contribution in [-0.2, 0) is 11.2 Å². The number of furan rings is 1. The molecule has 2 atom stereocenters. The molecule has 0 bridgehead atoms. The van der Waals surface area contributed by atoms with E-state index < -0.39 is 17.9 Å². The fourth-order valence-corrected chi connectivity index (χ4v) is 3.61. The number of hydrogen-bond donors (Lipinski definition) is 1. The van der Waals surface area contributed by atoms with Crippen LogP contribution >= 0.6 is 0 Å². The first-order valence-corrected chi connectivity index (χ1v) is 8.41. The van der Waals surface area contributed by atoms with Crippen LogP contribution in [0.3, 0.4) is 0 Å². The molecule has 0 radical (unpaired) electrons. The number of rotatable bonds is 3. The average molecular weight is 338 g/mol. The van der Waals surface area contributed by atoms with Gasteiger partial charge in [0.1, 0.15) is 11.8 Å². The molecule has 0 saturated heterocycles. The van der Waals surface area contributed by atoms with E-state index in [0.717, 1.165) is 35.5 Å². The second-order valence-electron chi connectivity index (χ2n) is 6.45. The average Bonchev–Trinajstić information content (AvgIpc) is 3.19. The molecule has 1 aliphatic carbocycles. The largest absolute Gasteiger partial charge is 0.469 e. The summed E-state index contributed by atoms with van der Waals surface area (Å²) in [6.07, 6.45) is 4.23. The van der Waals surface area contributed by atoms with Crippen molar-refractivity contribution >= 4 is 17.7 Å². The number of nitrogens with zero attached hydrogens (tertiary/aromatic N) is 1. The summed E-state index contributed by atoms with van der Waals surface area (Å²) in [4.78, 5) is 38.7. The lowest BCUT2D eigenvalue weighted by Crippen LogP contribution is -2.48. The Labute approximate surface area is 144 Å². The van der Waals surface area contributed by atoms with Crippen molar-refractivity contribution in [2.75, 3.05) is 0 Å². The minimum absolute atomic E-state index is 0.146. The molecule has 25 heavy (non-hydrogen) atoms. The SMILES string of the molecule is C[C@H](C(=O)N[C@@H]1CCCc2occc21)N1C(=O)c2ccccc2C1=O. The van der Waals surface area contributed by atoms with Crippen LogP contribution < -0.4 is 5.32 Å². The van der Waals surface area contributed by atoms with Crippen LogP contribution in [0.2, 0.25) is 0 Å². The number of fused-ring (bicyclic) bond motifs is 2. The number of amides is 3. The van der Waals surface area contributed by atoms with Crippen molar-refractivity contribution in [3.05, 3.63) is 59.0 Å². The Morgan fingerprint density at radius 3 is 2.56 bits per heavy atom. The Morgan fingerprint density at radius 2 is 1.88 bits per heavy atom. The lowest BCUT2D eigenvalue weighted by molar-refractivity contribution is -0.125. The fraction of sp³-hybridized carbons (Fsp3) is 0.316. The molecule has 4 rings (SSSR count). The van der Waals surface area contributed by atoms with Gasteiger partial charge in [-0.15, -0.1) is 0 Å². The van der Waals surface area contributed by atoms with Crippen molar-refractivity contribution in [2.45, 2.75) is 38.3 Å². The maximum Gasteiger partial charge on any atom is 0.262 e. The Bertz CT molecular complexity index is 835. The van der Waals surface area contributed by atoms with Gasteiger partial charge in [0.25, 0.3) is 11.8 Å². The summed E-state index contributed by atoms with van der Waals surface area (Å²) in [5.41, 5.74) is 1.68. The highest BCUT2D eigenvalue weighted by Gasteiger charge is 2.41. The van der Waals surface area contributed by atoms with Gasteiger partial charge in [-0.1, -0.05) is 12.1 Å². The molecular formula is C19H18N2O4. The van der Waals surface area contributed by atoms with E-state index in [9.17, 15) is 14.4 Å². The molecule has 2 aliphatic rings. The van der Waals surface area contributed by atoms with Gasteiger partial charge in [0.05, 0.1) is 23.4 Å². The number of aryl methyl sites for hydroxylation is 1. The van der Waals surface area contributed by atoms with Gasteiger partial charge in [-0.3, -0.25) is 19.3 Å². The molecule has 2 heterocycles. The summed E-state index contributed by atoms with van der Waals surface area (Å²) in [6.45, 7) is 1.58. The van der Waals surface area contributed by atoms with Gasteiger partial charge >= 0.3 is 0 Å². The predicted octanol–water partition coefficient (Wildman–Crippen LogP) is 2.46. The third-order valence-corrected chi connectivity index (χ3v) is 4.96. The Hall–Kier alpha value is -2.89. The highest BCUT2D eigenvalue weighted by Crippen LogP contribution is 2.31. The van der Waals surface area contributed by atoms with Crippen molar-refractivity contribution in [1.29, 1.82) is 0 Å². The number of hydrogen-bond acceptors (Lipinski definition) is 4. The Morgan fingerprint density at radius 1 is 1.20 bits per heavy atom. The highest BCUT2D eigenvalue weighted by atomic mass is 16.3. The second-order valence-corrected chi connectivity index (χ2v) is 6.45. The molecular weight excluding hydrogens is 320 g/mol. The van der Waals surface area contributed by atoms with Gasteiger partial charge in [-0.25, -0.2) is 0 Å². The predicted molar refractivity (Wildman–Crippen MR) is 88.9 cm³/mol. The number of imide groups is 1. The van der Waals surface area contributed by atoms with Crippen molar-refractivity contribution in [2.24, 2.45) is 0 Å². The molecule has 3 amide bonds. The summed E-state index contributed by atoms with van der Waals surface area (Å²) in [5, 5.41) is 2.96. The monoisotopic (exact) mass is 338 g/mol. The molecule has 1 aromatic heterocycles. The maximum atomic E-state index is 12.7. The first-order valence-electron chi connectivity index (χ1n) is 8.41. The van der Waals surface area contributed by atoms with Gasteiger partial charge in [0.15, 0.2) is 0 Å². The first kappa shape index (κ1) is 15.6. The number of benzene rings is 1. The Balaban J connectivity index is 1.53. The standard InChI is InChI=1S/C19H18N2O4/c1-11(21-18(23)12-5-2-3-6-13(12)19(21)24)17(22)20-15-7-4-8-16-14(15)9-10-25-16/h2-3,5-6,9-11,15H,4,7-8H2,1H3,(H,20,22)/t11-,15-/m1/s1. The molecule has 128 valence electrons. The lowest BCUT2D eigenvalue weighted by Gasteiger charge is -2.27. The fourth-order valence-electron chi connectivity index (χ4n) is 3.61. The molecule has 1 N–H and O–H groups in total. The molecule has 0 saturated carbocycles. The minimum atomic E-state index is -0.871. The molecule has 1 aliphatic heterocycles. The zero-order valence-electron chi connectivity index (χ0n) is 13.8. The quantitative estimate of drug-likeness (QED) is 0.872. The van der Waals surface area contributed by atoms with Crippen LogP contribution in [0.5, 0.6) is 0 Å². The molecule has 0 unspecified atom stereocenters. The lowest BCUT2D eigenvalue weighted by atomic mass is 9.93. The number of nitrogens with one attached hydrogen (secondary N) is 1. The molecule has 0 spiro atoms. The van der Waals surface area contributed by atoms with E-state index in [2.05, 4.69) is 5.32 Å². The minimum Gasteiger partial charge on any atom is -0.469 e. The van der Waals surface area contributed by atoms with Crippen LogP contribution in [0.15, 0.2) is 41.0 Å². The molecule has 2 aromatic rings. The number of carbonyl (C=O) groups is 3. The van der Waals surface area contributed by atoms with Gasteiger partial charge in [0, 0.05) is 12.0 Å². The third kappa shape index (κ3) is 2.45. The van der Waals surface area contributed by atoms with E-state index in [4.69, 9.17) is 4.42 Å². The summed E-state index contributed by atoms with van der Waals surface area (Å²) >= 11 is 0. The summed E-state index contributed by atoms with van der Waals surface area (Å²) < 4.78 is 5.43. The summed E-state index contributed by atoms with van der Waals surface area (Å²) in [6, 6.07) is 7.49. The maximum absolute atomic E-state index is 12.7. The topological polar surface area (TPSA) is 79.6 Å². The molecule has 6 nitrogen and oxygen atoms in total. The number of carbonyl (C=O) groups excluding carboxylic acids is 3. The third-order valence-electron chi connectivity index (χ3n) is 4.96. The van der Waals surface area contributed by atoms with Gasteiger partial charge in [-0.05, 0) is 38.0 Å². The van der Waals surface area contributed by atoms with E-state index >= 15 is 0 Å². The van der Waals surface area contributed by atoms with E-state index in [-0.39, 0.29) is 11.9 Å². The molecule has 0 fully saturated rings. The van der Waals surface area contributed by atoms with Gasteiger partial charge in [-0.2, -0.15) is 0 Å². The smallest absolute Gasteiger partial charge is 0.262 e. The molecule has 6 heteroatoms. The zero-order chi connectivity index (χ0) is 17.6. The van der Waals surface area contributed by atoms with E-state index in [1.165, 1.54) is 0 Å². The highest BCUT2D eigenvalue weighted by molar-refractivity contribution is 6.22. The van der Waals surface area contributed by atoms with Crippen LogP contribution in [0.4, 0.5) is 0 Å². The van der Waals surface area contributed by atoms with Crippen molar-refractivity contribution < 1.29 is 18.8 Å². The normalized spacial score (nSPS) is 20.2. The van der Waals surface area contributed by atoms with Gasteiger partial charge in [0.2, 0.25) is 5.91 Å². The van der Waals surface area contributed by atoms with Crippen LogP contribution in [0.1, 0.15) is 57.8 Å². The van der Waals surface area contributed by atoms with Crippen LogP contribution in [0.25, 0.3) is 0 Å². The van der Waals surface area contributed by atoms with Crippen LogP contribution in [0, 0.1) is 0 Å². The van der Waals surface area contributed by atoms with E-state index in [1.54, 1.807) is 37.5 Å². The van der Waals surface area contributed by atoms with Crippen LogP contribution in [-0.4, -0.2) is 28.7 Å². The van der Waals surface area contributed by atoms with Crippen molar-refractivity contribution in [3.8, 4) is 0 Å².